The van der Waals surface area contributed by atoms with Gasteiger partial charge in [0.25, 0.3) is 0 Å². The minimum Gasteiger partial charge on any atom is -0.768 e. The highest BCUT2D eigenvalue weighted by atomic mass is 35.7. The summed E-state index contributed by atoms with van der Waals surface area (Å²) in [5, 5.41) is 0.474. The number of alkyl halides is 1. The van der Waals surface area contributed by atoms with Gasteiger partial charge in [-0.3, -0.25) is 4.21 Å². The van der Waals surface area contributed by atoms with Crippen molar-refractivity contribution in [1.29, 1.82) is 0 Å². The second-order valence-corrected chi connectivity index (χ2v) is 4.45. The molecule has 0 amide bonds. The average molecular weight is 258 g/mol. The van der Waals surface area contributed by atoms with Crippen molar-refractivity contribution in [2.24, 2.45) is 0 Å². The molecule has 74 valence electrons. The van der Waals surface area contributed by atoms with E-state index in [0.717, 1.165) is 11.0 Å². The van der Waals surface area contributed by atoms with Crippen molar-refractivity contribution in [2.75, 3.05) is 5.21 Å². The van der Waals surface area contributed by atoms with E-state index in [-0.39, 0.29) is 0 Å². The first kappa shape index (κ1) is 13.3. The predicted octanol–water partition coefficient (Wildman–Crippen LogP) is 2.99. The quantitative estimate of drug-likeness (QED) is 0.604. The molecule has 0 fully saturated rings. The first-order valence-corrected chi connectivity index (χ1v) is 6.58. The molecule has 1 aromatic carbocycles. The van der Waals surface area contributed by atoms with Crippen molar-refractivity contribution in [3.05, 3.63) is 30.3 Å². The topological polar surface area (TPSA) is 40.1 Å². The minimum absolute atomic E-state index is 0.331. The van der Waals surface area contributed by atoms with E-state index in [2.05, 4.69) is 0 Å². The standard InChI is InChI=1S/C6H6O2S.CH2Cl2S/c7-9(8)6-4-2-1-3-5-6;2-1-4-3/h1-5H,(H,7,8);1H2/p-1. The van der Waals surface area contributed by atoms with Crippen LogP contribution in [0.15, 0.2) is 35.2 Å². The summed E-state index contributed by atoms with van der Waals surface area (Å²) in [7, 11) is 6.06. The SMILES string of the molecule is ClCSCl.O=S([O-])c1ccccc1. The normalized spacial score (nSPS) is 11.3. The Bertz CT molecular complexity index is 242. The molecule has 0 aliphatic rings. The molecule has 0 aromatic heterocycles. The van der Waals surface area contributed by atoms with E-state index in [1.165, 1.54) is 0 Å². The summed E-state index contributed by atoms with van der Waals surface area (Å²) < 4.78 is 20.4. The maximum Gasteiger partial charge on any atom is 0.0832 e. The summed E-state index contributed by atoms with van der Waals surface area (Å²) in [5.41, 5.74) is 0. The van der Waals surface area contributed by atoms with Crippen molar-refractivity contribution in [3.8, 4) is 0 Å². The van der Waals surface area contributed by atoms with E-state index in [1.807, 2.05) is 0 Å². The van der Waals surface area contributed by atoms with Gasteiger partial charge in [0.2, 0.25) is 0 Å². The van der Waals surface area contributed by atoms with Gasteiger partial charge in [0.15, 0.2) is 0 Å². The molecule has 0 saturated carbocycles. The third-order valence-corrected chi connectivity index (χ3v) is 2.71. The second-order valence-electron chi connectivity index (χ2n) is 1.77. The zero-order chi connectivity index (χ0) is 10.1. The molecule has 0 saturated heterocycles. The molecule has 0 N–H and O–H groups in total. The molecule has 0 aliphatic carbocycles. The number of rotatable bonds is 2. The molecule has 1 rings (SSSR count). The Hall–Kier alpha value is 0.260. The third kappa shape index (κ3) is 7.34. The molecule has 1 aromatic rings. The molecule has 1 atom stereocenters. The summed E-state index contributed by atoms with van der Waals surface area (Å²) in [5.74, 6) is 0. The van der Waals surface area contributed by atoms with E-state index < -0.39 is 11.1 Å². The fraction of sp³-hybridized carbons (Fsp3) is 0.143. The molecular formula is C7H7Cl2O2S2-. The van der Waals surface area contributed by atoms with Crippen LogP contribution < -0.4 is 0 Å². The van der Waals surface area contributed by atoms with Crippen LogP contribution in [-0.4, -0.2) is 14.0 Å². The smallest absolute Gasteiger partial charge is 0.0832 e. The van der Waals surface area contributed by atoms with E-state index in [4.69, 9.17) is 22.3 Å². The molecule has 0 bridgehead atoms. The molecular weight excluding hydrogens is 251 g/mol. The van der Waals surface area contributed by atoms with Crippen molar-refractivity contribution in [2.45, 2.75) is 4.90 Å². The summed E-state index contributed by atoms with van der Waals surface area (Å²) >= 11 is 2.94. The van der Waals surface area contributed by atoms with Crippen LogP contribution in [0, 0.1) is 0 Å². The van der Waals surface area contributed by atoms with Crippen molar-refractivity contribution >= 4 is 44.3 Å². The van der Waals surface area contributed by atoms with Gasteiger partial charge in [-0.1, -0.05) is 18.2 Å². The maximum absolute atomic E-state index is 10.2. The van der Waals surface area contributed by atoms with E-state index >= 15 is 0 Å². The fourth-order valence-corrected chi connectivity index (χ4v) is 0.911. The molecule has 1 unspecified atom stereocenters. The van der Waals surface area contributed by atoms with Crippen LogP contribution in [0.5, 0.6) is 0 Å². The largest absolute Gasteiger partial charge is 0.768 e. The summed E-state index contributed by atoms with van der Waals surface area (Å²) in [6.45, 7) is 0. The number of hydrogen-bond acceptors (Lipinski definition) is 3. The van der Waals surface area contributed by atoms with Gasteiger partial charge in [-0.05, 0) is 44.9 Å². The first-order valence-electron chi connectivity index (χ1n) is 3.16. The van der Waals surface area contributed by atoms with Gasteiger partial charge in [-0.2, -0.15) is 0 Å². The van der Waals surface area contributed by atoms with Crippen molar-refractivity contribution in [1.82, 2.24) is 0 Å². The van der Waals surface area contributed by atoms with Crippen LogP contribution in [0.25, 0.3) is 0 Å². The Morgan fingerprint density at radius 1 is 1.38 bits per heavy atom. The van der Waals surface area contributed by atoms with Crippen LogP contribution in [0.1, 0.15) is 0 Å². The zero-order valence-electron chi connectivity index (χ0n) is 6.48. The summed E-state index contributed by atoms with van der Waals surface area (Å²) in [6, 6.07) is 8.23. The van der Waals surface area contributed by atoms with Crippen LogP contribution in [0.4, 0.5) is 0 Å². The fourth-order valence-electron chi connectivity index (χ4n) is 0.532. The predicted molar refractivity (Wildman–Crippen MR) is 57.8 cm³/mol. The van der Waals surface area contributed by atoms with E-state index in [0.29, 0.717) is 10.1 Å². The highest BCUT2D eigenvalue weighted by molar-refractivity contribution is 8.21. The van der Waals surface area contributed by atoms with Crippen molar-refractivity contribution < 1.29 is 8.76 Å². The zero-order valence-corrected chi connectivity index (χ0v) is 9.63. The second kappa shape index (κ2) is 8.84. The maximum atomic E-state index is 10.2. The van der Waals surface area contributed by atoms with Gasteiger partial charge in [0, 0.05) is 4.90 Å². The van der Waals surface area contributed by atoms with Crippen LogP contribution in [-0.2, 0) is 11.1 Å². The number of hydrogen-bond donors (Lipinski definition) is 0. The summed E-state index contributed by atoms with van der Waals surface area (Å²) in [4.78, 5) is 0.331. The third-order valence-electron chi connectivity index (χ3n) is 0.977. The lowest BCUT2D eigenvalue weighted by atomic mass is 10.4. The monoisotopic (exact) mass is 257 g/mol. The van der Waals surface area contributed by atoms with Crippen LogP contribution in [0.2, 0.25) is 0 Å². The molecule has 0 heterocycles. The Balaban J connectivity index is 0.000000310. The van der Waals surface area contributed by atoms with Gasteiger partial charge >= 0.3 is 0 Å². The molecule has 0 radical (unpaired) electrons. The van der Waals surface area contributed by atoms with E-state index in [1.54, 1.807) is 30.3 Å². The minimum atomic E-state index is -2.08. The molecule has 0 aliphatic heterocycles. The van der Waals surface area contributed by atoms with Crippen LogP contribution >= 0.6 is 33.3 Å². The Kier molecular flexibility index (Phi) is 9.02. The van der Waals surface area contributed by atoms with Crippen LogP contribution in [0.3, 0.4) is 0 Å². The Morgan fingerprint density at radius 2 is 1.85 bits per heavy atom. The highest BCUT2D eigenvalue weighted by Gasteiger charge is 1.84. The van der Waals surface area contributed by atoms with Gasteiger partial charge in [0.05, 0.1) is 5.21 Å². The summed E-state index contributed by atoms with van der Waals surface area (Å²) in [6.07, 6.45) is 0. The van der Waals surface area contributed by atoms with Gasteiger partial charge < -0.3 is 4.55 Å². The van der Waals surface area contributed by atoms with Crippen molar-refractivity contribution in [3.63, 3.8) is 0 Å². The molecule has 0 spiro atoms. The van der Waals surface area contributed by atoms with E-state index in [9.17, 15) is 8.76 Å². The Morgan fingerprint density at radius 3 is 2.08 bits per heavy atom. The van der Waals surface area contributed by atoms with Gasteiger partial charge in [-0.25, -0.2) is 0 Å². The average Bonchev–Trinajstić information content (AvgIpc) is 2.19. The number of halogens is 2. The highest BCUT2D eigenvalue weighted by Crippen LogP contribution is 2.05. The Labute approximate surface area is 93.4 Å². The lowest BCUT2D eigenvalue weighted by Crippen LogP contribution is -1.85. The van der Waals surface area contributed by atoms with Gasteiger partial charge in [-0.15, -0.1) is 11.6 Å². The van der Waals surface area contributed by atoms with Gasteiger partial charge in [0.1, 0.15) is 0 Å². The molecule has 13 heavy (non-hydrogen) atoms. The lowest BCUT2D eigenvalue weighted by Gasteiger charge is -2.01. The molecule has 2 nitrogen and oxygen atoms in total. The molecule has 6 heteroatoms. The number of benzene rings is 1. The lowest BCUT2D eigenvalue weighted by molar-refractivity contribution is 0.537. The first-order chi connectivity index (χ1) is 6.22.